The minimum atomic E-state index is -0.573. The summed E-state index contributed by atoms with van der Waals surface area (Å²) in [7, 11) is 0. The van der Waals surface area contributed by atoms with Gasteiger partial charge in [-0.25, -0.2) is 9.37 Å². The van der Waals surface area contributed by atoms with E-state index in [4.69, 9.17) is 20.8 Å². The summed E-state index contributed by atoms with van der Waals surface area (Å²) in [4.78, 5) is 27.8. The molecule has 1 saturated heterocycles. The van der Waals surface area contributed by atoms with Crippen LogP contribution in [0.25, 0.3) is 0 Å². The molecule has 7 nitrogen and oxygen atoms in total. The van der Waals surface area contributed by atoms with Gasteiger partial charge in [0.15, 0.2) is 12.3 Å². The average molecular weight is 368 g/mol. The van der Waals surface area contributed by atoms with Gasteiger partial charge in [-0.3, -0.25) is 9.59 Å². The van der Waals surface area contributed by atoms with Gasteiger partial charge in [0.1, 0.15) is 23.9 Å². The molecular formula is C16H15ClFN3O4. The monoisotopic (exact) mass is 367 g/mol. The number of amides is 2. The fraction of sp³-hybridized carbons (Fsp3) is 0.312. The van der Waals surface area contributed by atoms with Crippen molar-refractivity contribution in [3.05, 3.63) is 46.9 Å². The first-order chi connectivity index (χ1) is 12.0. The molecule has 0 bridgehead atoms. The smallest absolute Gasteiger partial charge is 0.273 e. The zero-order valence-electron chi connectivity index (χ0n) is 13.1. The van der Waals surface area contributed by atoms with Crippen molar-refractivity contribution in [2.24, 2.45) is 0 Å². The Kier molecular flexibility index (Phi) is 5.18. The molecule has 1 aliphatic rings. The van der Waals surface area contributed by atoms with Gasteiger partial charge >= 0.3 is 0 Å². The average Bonchev–Trinajstić information content (AvgIpc) is 3.05. The Labute approximate surface area is 147 Å². The number of aromatic nitrogens is 1. The van der Waals surface area contributed by atoms with Crippen molar-refractivity contribution in [2.45, 2.75) is 25.5 Å². The number of piperidine rings is 1. The number of oxazole rings is 1. The van der Waals surface area contributed by atoms with Crippen molar-refractivity contribution >= 4 is 23.4 Å². The third-order valence-corrected chi connectivity index (χ3v) is 3.92. The molecule has 9 heteroatoms. The second-order valence-corrected chi connectivity index (χ2v) is 5.86. The van der Waals surface area contributed by atoms with E-state index in [1.807, 2.05) is 0 Å². The Morgan fingerprint density at radius 1 is 1.52 bits per heavy atom. The number of halogens is 2. The number of carbonyl (C=O) groups is 2. The van der Waals surface area contributed by atoms with Crippen LogP contribution in [0.4, 0.5) is 4.39 Å². The third kappa shape index (κ3) is 4.27. The van der Waals surface area contributed by atoms with Crippen LogP contribution >= 0.6 is 11.6 Å². The van der Waals surface area contributed by atoms with Crippen molar-refractivity contribution in [3.8, 4) is 5.75 Å². The van der Waals surface area contributed by atoms with Gasteiger partial charge in [0.25, 0.3) is 5.91 Å². The number of nitrogens with one attached hydrogen (secondary N) is 2. The summed E-state index contributed by atoms with van der Waals surface area (Å²) in [5.41, 5.74) is 0.0437. The number of carbonyl (C=O) groups excluding carboxylic acids is 2. The SMILES string of the molecule is O=C(N[C@@H]1CCCNC1=O)c1coc(COc2ccc(F)cc2Cl)n1. The zero-order chi connectivity index (χ0) is 17.8. The highest BCUT2D eigenvalue weighted by Crippen LogP contribution is 2.25. The lowest BCUT2D eigenvalue weighted by atomic mass is 10.1. The van der Waals surface area contributed by atoms with Crippen LogP contribution in [0.3, 0.4) is 0 Å². The number of hydrogen-bond acceptors (Lipinski definition) is 5. The zero-order valence-corrected chi connectivity index (χ0v) is 13.8. The van der Waals surface area contributed by atoms with Gasteiger partial charge in [-0.15, -0.1) is 0 Å². The lowest BCUT2D eigenvalue weighted by molar-refractivity contribution is -0.124. The molecule has 2 amide bonds. The Bertz CT molecular complexity index is 795. The van der Waals surface area contributed by atoms with Crippen LogP contribution in [0.5, 0.6) is 5.75 Å². The van der Waals surface area contributed by atoms with Gasteiger partial charge < -0.3 is 19.8 Å². The second kappa shape index (κ2) is 7.52. The van der Waals surface area contributed by atoms with Crippen LogP contribution in [0, 0.1) is 5.82 Å². The van der Waals surface area contributed by atoms with Crippen molar-refractivity contribution < 1.29 is 23.1 Å². The summed E-state index contributed by atoms with van der Waals surface area (Å²) < 4.78 is 23.5. The van der Waals surface area contributed by atoms with Gasteiger partial charge in [0, 0.05) is 6.54 Å². The molecule has 0 saturated carbocycles. The molecule has 1 aliphatic heterocycles. The summed E-state index contributed by atoms with van der Waals surface area (Å²) in [5, 5.41) is 5.41. The summed E-state index contributed by atoms with van der Waals surface area (Å²) in [6, 6.07) is 3.15. The second-order valence-electron chi connectivity index (χ2n) is 5.45. The quantitative estimate of drug-likeness (QED) is 0.843. The maximum atomic E-state index is 13.0. The van der Waals surface area contributed by atoms with E-state index >= 15 is 0 Å². The summed E-state index contributed by atoms with van der Waals surface area (Å²) in [6.45, 7) is 0.533. The molecule has 1 atom stereocenters. The van der Waals surface area contributed by atoms with E-state index in [1.165, 1.54) is 18.4 Å². The van der Waals surface area contributed by atoms with E-state index in [1.54, 1.807) is 0 Å². The van der Waals surface area contributed by atoms with Crippen LogP contribution in [0.2, 0.25) is 5.02 Å². The molecule has 1 aromatic heterocycles. The van der Waals surface area contributed by atoms with Crippen molar-refractivity contribution in [3.63, 3.8) is 0 Å². The number of rotatable bonds is 5. The van der Waals surface area contributed by atoms with Crippen molar-refractivity contribution in [2.75, 3.05) is 6.54 Å². The minimum absolute atomic E-state index is 0.0437. The normalized spacial score (nSPS) is 17.0. The summed E-state index contributed by atoms with van der Waals surface area (Å²) >= 11 is 5.86. The maximum absolute atomic E-state index is 13.0. The largest absolute Gasteiger partial charge is 0.482 e. The van der Waals surface area contributed by atoms with E-state index in [0.717, 1.165) is 12.5 Å². The van der Waals surface area contributed by atoms with Crippen LogP contribution in [0.15, 0.2) is 28.9 Å². The molecule has 0 spiro atoms. The van der Waals surface area contributed by atoms with Crippen molar-refractivity contribution in [1.82, 2.24) is 15.6 Å². The number of hydrogen-bond donors (Lipinski definition) is 2. The molecule has 0 radical (unpaired) electrons. The third-order valence-electron chi connectivity index (χ3n) is 3.62. The van der Waals surface area contributed by atoms with E-state index in [2.05, 4.69) is 15.6 Å². The highest BCUT2D eigenvalue weighted by atomic mass is 35.5. The van der Waals surface area contributed by atoms with Gasteiger partial charge in [-0.05, 0) is 31.0 Å². The molecule has 2 heterocycles. The Hall–Kier alpha value is -2.61. The molecular weight excluding hydrogens is 353 g/mol. The highest BCUT2D eigenvalue weighted by Gasteiger charge is 2.25. The fourth-order valence-electron chi connectivity index (χ4n) is 2.36. The lowest BCUT2D eigenvalue weighted by Crippen LogP contribution is -2.50. The predicted octanol–water partition coefficient (Wildman–Crippen LogP) is 2.05. The molecule has 2 N–H and O–H groups in total. The van der Waals surface area contributed by atoms with Crippen LogP contribution in [-0.2, 0) is 11.4 Å². The maximum Gasteiger partial charge on any atom is 0.273 e. The molecule has 1 fully saturated rings. The van der Waals surface area contributed by atoms with E-state index in [0.29, 0.717) is 13.0 Å². The number of ether oxygens (including phenoxy) is 1. The Morgan fingerprint density at radius 2 is 2.36 bits per heavy atom. The topological polar surface area (TPSA) is 93.5 Å². The van der Waals surface area contributed by atoms with E-state index in [9.17, 15) is 14.0 Å². The molecule has 1 aromatic carbocycles. The number of benzene rings is 1. The number of nitrogens with zero attached hydrogens (tertiary/aromatic N) is 1. The summed E-state index contributed by atoms with van der Waals surface area (Å²) in [5.74, 6) is -0.765. The molecule has 2 aromatic rings. The molecule has 25 heavy (non-hydrogen) atoms. The molecule has 0 aliphatic carbocycles. The van der Waals surface area contributed by atoms with E-state index in [-0.39, 0.29) is 34.9 Å². The van der Waals surface area contributed by atoms with Gasteiger partial charge in [-0.2, -0.15) is 0 Å². The standard InChI is InChI=1S/C16H15ClFN3O4/c17-10-6-9(18)3-4-13(10)24-8-14-20-12(7-25-14)16(23)21-11-2-1-5-19-15(11)22/h3-4,6-7,11H,1-2,5,8H2,(H,19,22)(H,21,23)/t11-/m1/s1. The van der Waals surface area contributed by atoms with Gasteiger partial charge in [0.2, 0.25) is 11.8 Å². The molecule has 0 unspecified atom stereocenters. The van der Waals surface area contributed by atoms with Gasteiger partial charge in [-0.1, -0.05) is 11.6 Å². The lowest BCUT2D eigenvalue weighted by Gasteiger charge is -2.22. The highest BCUT2D eigenvalue weighted by molar-refractivity contribution is 6.32. The minimum Gasteiger partial charge on any atom is -0.482 e. The predicted molar refractivity (Wildman–Crippen MR) is 85.7 cm³/mol. The van der Waals surface area contributed by atoms with Crippen LogP contribution < -0.4 is 15.4 Å². The Morgan fingerprint density at radius 3 is 3.12 bits per heavy atom. The van der Waals surface area contributed by atoms with Gasteiger partial charge in [0.05, 0.1) is 5.02 Å². The summed E-state index contributed by atoms with van der Waals surface area (Å²) in [6.07, 6.45) is 2.56. The first kappa shape index (κ1) is 17.2. The van der Waals surface area contributed by atoms with Crippen LogP contribution in [0.1, 0.15) is 29.2 Å². The van der Waals surface area contributed by atoms with E-state index < -0.39 is 17.8 Å². The Balaban J connectivity index is 1.58. The first-order valence-electron chi connectivity index (χ1n) is 7.64. The fourth-order valence-corrected chi connectivity index (χ4v) is 2.58. The van der Waals surface area contributed by atoms with Crippen molar-refractivity contribution in [1.29, 1.82) is 0 Å². The molecule has 132 valence electrons. The van der Waals surface area contributed by atoms with Crippen LogP contribution in [-0.4, -0.2) is 29.4 Å². The first-order valence-corrected chi connectivity index (χ1v) is 8.01. The molecule has 3 rings (SSSR count).